The molecule has 124 valence electrons. The van der Waals surface area contributed by atoms with Gasteiger partial charge in [-0.15, -0.1) is 0 Å². The Labute approximate surface area is 135 Å². The lowest BCUT2D eigenvalue weighted by atomic mass is 10.2. The molecule has 0 bridgehead atoms. The van der Waals surface area contributed by atoms with Crippen molar-refractivity contribution in [2.24, 2.45) is 0 Å². The van der Waals surface area contributed by atoms with Crippen LogP contribution in [0.4, 0.5) is 0 Å². The number of hydrogen-bond acceptors (Lipinski definition) is 7. The number of aromatic nitrogens is 1. The molecule has 0 amide bonds. The number of nitrogens with one attached hydrogen (secondary N) is 1. The molecule has 1 rings (SSSR count). The molecule has 7 nitrogen and oxygen atoms in total. The van der Waals surface area contributed by atoms with Gasteiger partial charge in [-0.05, 0) is 19.4 Å². The van der Waals surface area contributed by atoms with Gasteiger partial charge in [0, 0.05) is 31.1 Å². The number of nitrogens with zero attached hydrogens (tertiary/aromatic N) is 2. The summed E-state index contributed by atoms with van der Waals surface area (Å²) in [5.41, 5.74) is 1.29. The highest BCUT2D eigenvalue weighted by molar-refractivity contribution is 5.93. The van der Waals surface area contributed by atoms with Crippen LogP contribution in [0.3, 0.4) is 0 Å². The molecule has 0 saturated heterocycles. The molecule has 0 spiro atoms. The third-order valence-electron chi connectivity index (χ3n) is 2.92. The van der Waals surface area contributed by atoms with Gasteiger partial charge < -0.3 is 19.5 Å². The summed E-state index contributed by atoms with van der Waals surface area (Å²) in [7, 11) is 1.55. The minimum absolute atomic E-state index is 0.0528. The van der Waals surface area contributed by atoms with Crippen molar-refractivity contribution in [3.8, 4) is 11.9 Å². The Hall–Kier alpha value is -2.59. The zero-order valence-corrected chi connectivity index (χ0v) is 13.6. The quantitative estimate of drug-likeness (QED) is 0.319. The molecule has 1 aromatic heterocycles. The van der Waals surface area contributed by atoms with Crippen LogP contribution in [0, 0.1) is 11.3 Å². The molecule has 0 atom stereocenters. The minimum atomic E-state index is -0.662. The van der Waals surface area contributed by atoms with E-state index in [-0.39, 0.29) is 12.2 Å². The minimum Gasteiger partial charge on any atom is -0.481 e. The zero-order valence-electron chi connectivity index (χ0n) is 13.6. The van der Waals surface area contributed by atoms with Gasteiger partial charge in [0.05, 0.1) is 13.7 Å². The number of methoxy groups -OCH3 is 1. The van der Waals surface area contributed by atoms with E-state index in [1.165, 1.54) is 0 Å². The van der Waals surface area contributed by atoms with Gasteiger partial charge in [0.1, 0.15) is 12.7 Å². The molecular weight excluding hydrogens is 298 g/mol. The second-order valence-corrected chi connectivity index (χ2v) is 4.51. The number of hydrogen-bond donors (Lipinski definition) is 1. The van der Waals surface area contributed by atoms with Crippen molar-refractivity contribution in [3.05, 3.63) is 35.2 Å². The SMILES string of the molecule is CCOCCOC(=O)/C(C#N)=C(/C)NCc1ccc(OC)nc1. The first kappa shape index (κ1) is 18.5. The monoisotopic (exact) mass is 319 g/mol. The Balaban J connectivity index is 2.58. The van der Waals surface area contributed by atoms with Crippen LogP contribution in [0.5, 0.6) is 5.88 Å². The molecule has 1 N–H and O–H groups in total. The van der Waals surface area contributed by atoms with Crippen molar-refractivity contribution >= 4 is 5.97 Å². The van der Waals surface area contributed by atoms with Crippen molar-refractivity contribution in [3.63, 3.8) is 0 Å². The fraction of sp³-hybridized carbons (Fsp3) is 0.438. The van der Waals surface area contributed by atoms with Gasteiger partial charge in [-0.1, -0.05) is 6.07 Å². The van der Waals surface area contributed by atoms with E-state index in [9.17, 15) is 4.79 Å². The van der Waals surface area contributed by atoms with Crippen LogP contribution in [0.1, 0.15) is 19.4 Å². The van der Waals surface area contributed by atoms with Crippen LogP contribution < -0.4 is 10.1 Å². The highest BCUT2D eigenvalue weighted by Gasteiger charge is 2.14. The Kier molecular flexibility index (Phi) is 8.18. The summed E-state index contributed by atoms with van der Waals surface area (Å²) >= 11 is 0. The van der Waals surface area contributed by atoms with Crippen molar-refractivity contribution in [2.75, 3.05) is 26.9 Å². The molecule has 1 heterocycles. The van der Waals surface area contributed by atoms with Gasteiger partial charge in [-0.2, -0.15) is 5.26 Å². The maximum absolute atomic E-state index is 11.8. The molecular formula is C16H21N3O4. The van der Waals surface area contributed by atoms with Crippen LogP contribution in [0.2, 0.25) is 0 Å². The third-order valence-corrected chi connectivity index (χ3v) is 2.92. The average Bonchev–Trinajstić information content (AvgIpc) is 2.58. The normalized spacial score (nSPS) is 11.2. The highest BCUT2D eigenvalue weighted by Crippen LogP contribution is 2.08. The zero-order chi connectivity index (χ0) is 17.1. The number of carbonyl (C=O) groups excluding carboxylic acids is 1. The first-order valence-corrected chi connectivity index (χ1v) is 7.21. The van der Waals surface area contributed by atoms with E-state index in [0.717, 1.165) is 5.56 Å². The summed E-state index contributed by atoms with van der Waals surface area (Å²) in [6, 6.07) is 5.45. The van der Waals surface area contributed by atoms with Gasteiger partial charge in [-0.25, -0.2) is 9.78 Å². The highest BCUT2D eigenvalue weighted by atomic mass is 16.6. The van der Waals surface area contributed by atoms with Crippen molar-refractivity contribution in [1.82, 2.24) is 10.3 Å². The first-order valence-electron chi connectivity index (χ1n) is 7.21. The maximum atomic E-state index is 11.8. The molecule has 0 aromatic carbocycles. The van der Waals surface area contributed by atoms with Gasteiger partial charge in [0.2, 0.25) is 5.88 Å². The fourth-order valence-electron chi connectivity index (χ4n) is 1.65. The van der Waals surface area contributed by atoms with E-state index in [4.69, 9.17) is 19.5 Å². The lowest BCUT2D eigenvalue weighted by Crippen LogP contribution is -2.19. The van der Waals surface area contributed by atoms with E-state index in [2.05, 4.69) is 10.3 Å². The lowest BCUT2D eigenvalue weighted by molar-refractivity contribution is -0.140. The molecule has 0 aliphatic rings. The molecule has 0 radical (unpaired) electrons. The number of nitriles is 1. The molecule has 7 heteroatoms. The van der Waals surface area contributed by atoms with Gasteiger partial charge in [-0.3, -0.25) is 0 Å². The molecule has 1 aromatic rings. The molecule has 0 saturated carbocycles. The van der Waals surface area contributed by atoms with Crippen LogP contribution in [0.15, 0.2) is 29.6 Å². The fourth-order valence-corrected chi connectivity index (χ4v) is 1.65. The average molecular weight is 319 g/mol. The van der Waals surface area contributed by atoms with Gasteiger partial charge in [0.15, 0.2) is 5.57 Å². The van der Waals surface area contributed by atoms with Gasteiger partial charge >= 0.3 is 5.97 Å². The topological polar surface area (TPSA) is 93.5 Å². The largest absolute Gasteiger partial charge is 0.481 e. The Bertz CT molecular complexity index is 576. The van der Waals surface area contributed by atoms with Crippen LogP contribution in [0.25, 0.3) is 0 Å². The summed E-state index contributed by atoms with van der Waals surface area (Å²) in [6.07, 6.45) is 1.66. The van der Waals surface area contributed by atoms with E-state index in [0.29, 0.717) is 31.3 Å². The summed E-state index contributed by atoms with van der Waals surface area (Å²) in [4.78, 5) is 15.9. The third kappa shape index (κ3) is 6.36. The van der Waals surface area contributed by atoms with E-state index in [1.807, 2.05) is 19.1 Å². The van der Waals surface area contributed by atoms with Crippen LogP contribution >= 0.6 is 0 Å². The number of ether oxygens (including phenoxy) is 3. The van der Waals surface area contributed by atoms with Crippen LogP contribution in [-0.4, -0.2) is 37.9 Å². The number of pyridine rings is 1. The molecule has 0 aliphatic heterocycles. The summed E-state index contributed by atoms with van der Waals surface area (Å²) < 4.78 is 15.0. The van der Waals surface area contributed by atoms with Crippen LogP contribution in [-0.2, 0) is 20.8 Å². The Morgan fingerprint density at radius 3 is 2.74 bits per heavy atom. The molecule has 23 heavy (non-hydrogen) atoms. The second kappa shape index (κ2) is 10.2. The smallest absolute Gasteiger partial charge is 0.350 e. The van der Waals surface area contributed by atoms with Crippen molar-refractivity contribution in [1.29, 1.82) is 5.26 Å². The predicted molar refractivity (Wildman–Crippen MR) is 83.4 cm³/mol. The lowest BCUT2D eigenvalue weighted by Gasteiger charge is -2.10. The second-order valence-electron chi connectivity index (χ2n) is 4.51. The van der Waals surface area contributed by atoms with E-state index >= 15 is 0 Å². The summed E-state index contributed by atoms with van der Waals surface area (Å²) in [5, 5.41) is 12.1. The molecule has 0 aliphatic carbocycles. The maximum Gasteiger partial charge on any atom is 0.350 e. The van der Waals surface area contributed by atoms with Crippen molar-refractivity contribution < 1.29 is 19.0 Å². The van der Waals surface area contributed by atoms with E-state index in [1.54, 1.807) is 26.3 Å². The van der Waals surface area contributed by atoms with Gasteiger partial charge in [0.25, 0.3) is 0 Å². The summed E-state index contributed by atoms with van der Waals surface area (Å²) in [5.74, 6) is -0.137. The predicted octanol–water partition coefficient (Wildman–Crippen LogP) is 1.56. The number of esters is 1. The first-order chi connectivity index (χ1) is 11.1. The van der Waals surface area contributed by atoms with E-state index < -0.39 is 5.97 Å². The summed E-state index contributed by atoms with van der Waals surface area (Å²) in [6.45, 7) is 4.91. The number of rotatable bonds is 9. The Morgan fingerprint density at radius 1 is 1.39 bits per heavy atom. The molecule has 0 unspecified atom stereocenters. The standard InChI is InChI=1S/C16H21N3O4/c1-4-22-7-8-23-16(20)14(9-17)12(2)18-10-13-5-6-15(21-3)19-11-13/h5-6,11,18H,4,7-8,10H2,1-3H3/b14-12-. The van der Waals surface area contributed by atoms with Crippen molar-refractivity contribution in [2.45, 2.75) is 20.4 Å². The Morgan fingerprint density at radius 2 is 2.17 bits per heavy atom. The number of carbonyl (C=O) groups is 1. The molecule has 0 fully saturated rings. The number of allylic oxidation sites excluding steroid dienone is 1.